The summed E-state index contributed by atoms with van der Waals surface area (Å²) in [6, 6.07) is 15.5. The van der Waals surface area contributed by atoms with Crippen LogP contribution in [0.1, 0.15) is 24.4 Å². The van der Waals surface area contributed by atoms with Crippen LogP contribution in [0, 0.1) is 5.82 Å². The van der Waals surface area contributed by atoms with Gasteiger partial charge in [-0.25, -0.2) is 4.39 Å². The third-order valence-corrected chi connectivity index (χ3v) is 3.06. The van der Waals surface area contributed by atoms with Crippen molar-refractivity contribution in [3.05, 3.63) is 66.0 Å². The maximum Gasteiger partial charge on any atom is 0.224 e. The Morgan fingerprint density at radius 3 is 2.45 bits per heavy atom. The molecule has 1 amide bonds. The Hall–Kier alpha value is -2.20. The summed E-state index contributed by atoms with van der Waals surface area (Å²) >= 11 is 0. The molecule has 0 spiro atoms. The van der Waals surface area contributed by atoms with Gasteiger partial charge in [0.25, 0.3) is 0 Å². The summed E-state index contributed by atoms with van der Waals surface area (Å²) in [6.45, 7) is 0. The first kappa shape index (κ1) is 14.2. The van der Waals surface area contributed by atoms with E-state index in [1.165, 1.54) is 12.1 Å². The lowest BCUT2D eigenvalue weighted by atomic mass is 10.0. The van der Waals surface area contributed by atoms with Crippen molar-refractivity contribution in [2.45, 2.75) is 18.9 Å². The summed E-state index contributed by atoms with van der Waals surface area (Å²) in [7, 11) is 0. The monoisotopic (exact) mass is 272 g/mol. The van der Waals surface area contributed by atoms with Crippen molar-refractivity contribution < 1.29 is 9.18 Å². The van der Waals surface area contributed by atoms with Crippen molar-refractivity contribution in [1.29, 1.82) is 0 Å². The first-order valence-electron chi connectivity index (χ1n) is 6.51. The first-order valence-corrected chi connectivity index (χ1v) is 6.51. The number of rotatable bonds is 5. The number of amides is 1. The van der Waals surface area contributed by atoms with Gasteiger partial charge in [0.15, 0.2) is 0 Å². The molecule has 0 aliphatic carbocycles. The van der Waals surface area contributed by atoms with Gasteiger partial charge in [-0.2, -0.15) is 0 Å². The van der Waals surface area contributed by atoms with Gasteiger partial charge in [0, 0.05) is 12.5 Å². The minimum Gasteiger partial charge on any atom is -0.324 e. The van der Waals surface area contributed by atoms with E-state index in [1.54, 1.807) is 12.1 Å². The quantitative estimate of drug-likeness (QED) is 0.878. The molecule has 1 atom stereocenters. The summed E-state index contributed by atoms with van der Waals surface area (Å²) in [5.74, 6) is -0.672. The standard InChI is InChI=1S/C16H17FN2O/c17-13-8-4-5-9-15(13)19-16(20)11-10-14(18)12-6-2-1-3-7-12/h1-9,14H,10-11,18H2,(H,19,20). The number of carbonyl (C=O) groups is 1. The maximum absolute atomic E-state index is 13.4. The Labute approximate surface area is 117 Å². The Morgan fingerprint density at radius 2 is 1.75 bits per heavy atom. The van der Waals surface area contributed by atoms with Gasteiger partial charge in [-0.15, -0.1) is 0 Å². The number of para-hydroxylation sites is 1. The van der Waals surface area contributed by atoms with Crippen LogP contribution in [0.4, 0.5) is 10.1 Å². The Morgan fingerprint density at radius 1 is 1.10 bits per heavy atom. The third kappa shape index (κ3) is 3.90. The molecule has 0 saturated heterocycles. The van der Waals surface area contributed by atoms with Crippen molar-refractivity contribution in [3.8, 4) is 0 Å². The largest absolute Gasteiger partial charge is 0.324 e. The molecule has 4 heteroatoms. The van der Waals surface area contributed by atoms with Gasteiger partial charge < -0.3 is 11.1 Å². The molecule has 104 valence electrons. The van der Waals surface area contributed by atoms with Gasteiger partial charge in [-0.05, 0) is 24.1 Å². The SMILES string of the molecule is NC(CCC(=O)Nc1ccccc1F)c1ccccc1. The minimum absolute atomic E-state index is 0.192. The summed E-state index contributed by atoms with van der Waals surface area (Å²) in [6.07, 6.45) is 0.773. The first-order chi connectivity index (χ1) is 9.66. The number of hydrogen-bond acceptors (Lipinski definition) is 2. The summed E-state index contributed by atoms with van der Waals surface area (Å²) in [5.41, 5.74) is 7.20. The highest BCUT2D eigenvalue weighted by Gasteiger charge is 2.10. The lowest BCUT2D eigenvalue weighted by molar-refractivity contribution is -0.116. The molecule has 0 radical (unpaired) electrons. The molecule has 20 heavy (non-hydrogen) atoms. The van der Waals surface area contributed by atoms with Crippen LogP contribution in [0.2, 0.25) is 0 Å². The van der Waals surface area contributed by atoms with E-state index in [0.717, 1.165) is 5.56 Å². The zero-order valence-electron chi connectivity index (χ0n) is 11.1. The normalized spacial score (nSPS) is 11.9. The highest BCUT2D eigenvalue weighted by Crippen LogP contribution is 2.17. The zero-order valence-corrected chi connectivity index (χ0v) is 11.1. The number of halogens is 1. The molecule has 0 aliphatic heterocycles. The lowest BCUT2D eigenvalue weighted by Gasteiger charge is -2.12. The van der Waals surface area contributed by atoms with Gasteiger partial charge in [-0.3, -0.25) is 4.79 Å². The third-order valence-electron chi connectivity index (χ3n) is 3.06. The zero-order chi connectivity index (χ0) is 14.4. The smallest absolute Gasteiger partial charge is 0.224 e. The minimum atomic E-state index is -0.437. The van der Waals surface area contributed by atoms with Crippen LogP contribution in [-0.2, 0) is 4.79 Å². The highest BCUT2D eigenvalue weighted by molar-refractivity contribution is 5.90. The van der Waals surface area contributed by atoms with Gasteiger partial charge in [0.05, 0.1) is 5.69 Å². The fourth-order valence-electron chi connectivity index (χ4n) is 1.93. The predicted octanol–water partition coefficient (Wildman–Crippen LogP) is 3.24. The topological polar surface area (TPSA) is 55.1 Å². The van der Waals surface area contributed by atoms with E-state index in [4.69, 9.17) is 5.73 Å². The molecular weight excluding hydrogens is 255 g/mol. The molecule has 0 aliphatic rings. The summed E-state index contributed by atoms with van der Waals surface area (Å²) in [5, 5.41) is 2.55. The molecule has 0 saturated carbocycles. The number of nitrogens with one attached hydrogen (secondary N) is 1. The van der Waals surface area contributed by atoms with Gasteiger partial charge >= 0.3 is 0 Å². The van der Waals surface area contributed by atoms with Crippen LogP contribution in [0.25, 0.3) is 0 Å². The van der Waals surface area contributed by atoms with Crippen molar-refractivity contribution in [2.24, 2.45) is 5.73 Å². The van der Waals surface area contributed by atoms with E-state index in [-0.39, 0.29) is 24.1 Å². The van der Waals surface area contributed by atoms with E-state index in [0.29, 0.717) is 6.42 Å². The fourth-order valence-corrected chi connectivity index (χ4v) is 1.93. The van der Waals surface area contributed by atoms with Gasteiger partial charge in [0.2, 0.25) is 5.91 Å². The molecule has 3 N–H and O–H groups in total. The Balaban J connectivity index is 1.85. The van der Waals surface area contributed by atoms with E-state index in [2.05, 4.69) is 5.32 Å². The van der Waals surface area contributed by atoms with Crippen molar-refractivity contribution in [1.82, 2.24) is 0 Å². The Kier molecular flexibility index (Phi) is 4.85. The van der Waals surface area contributed by atoms with E-state index in [1.807, 2.05) is 30.3 Å². The number of nitrogens with two attached hydrogens (primary N) is 1. The van der Waals surface area contributed by atoms with Crippen molar-refractivity contribution >= 4 is 11.6 Å². The van der Waals surface area contributed by atoms with Crippen LogP contribution < -0.4 is 11.1 Å². The van der Waals surface area contributed by atoms with Gasteiger partial charge in [0.1, 0.15) is 5.82 Å². The molecule has 0 aromatic heterocycles. The van der Waals surface area contributed by atoms with Crippen LogP contribution >= 0.6 is 0 Å². The molecule has 0 bridgehead atoms. The molecule has 0 fully saturated rings. The average molecular weight is 272 g/mol. The van der Waals surface area contributed by atoms with Crippen LogP contribution in [0.3, 0.4) is 0 Å². The van der Waals surface area contributed by atoms with Crippen LogP contribution in [0.5, 0.6) is 0 Å². The van der Waals surface area contributed by atoms with E-state index in [9.17, 15) is 9.18 Å². The molecule has 0 heterocycles. The molecular formula is C16H17FN2O. The number of hydrogen-bond donors (Lipinski definition) is 2. The second-order valence-corrected chi connectivity index (χ2v) is 4.58. The molecule has 2 aromatic carbocycles. The number of benzene rings is 2. The summed E-state index contributed by atoms with van der Waals surface area (Å²) in [4.78, 5) is 11.8. The molecule has 2 aromatic rings. The second kappa shape index (κ2) is 6.82. The van der Waals surface area contributed by atoms with E-state index < -0.39 is 5.82 Å². The number of anilines is 1. The van der Waals surface area contributed by atoms with Crippen molar-refractivity contribution in [2.75, 3.05) is 5.32 Å². The van der Waals surface area contributed by atoms with Crippen LogP contribution in [-0.4, -0.2) is 5.91 Å². The molecule has 1 unspecified atom stereocenters. The molecule has 2 rings (SSSR count). The summed E-state index contributed by atoms with van der Waals surface area (Å²) < 4.78 is 13.4. The second-order valence-electron chi connectivity index (χ2n) is 4.58. The Bertz CT molecular complexity index is 572. The van der Waals surface area contributed by atoms with Gasteiger partial charge in [-0.1, -0.05) is 42.5 Å². The molecule has 3 nitrogen and oxygen atoms in total. The predicted molar refractivity (Wildman–Crippen MR) is 77.6 cm³/mol. The average Bonchev–Trinajstić information content (AvgIpc) is 2.48. The lowest BCUT2D eigenvalue weighted by Crippen LogP contribution is -2.17. The number of carbonyl (C=O) groups excluding carboxylic acids is 1. The highest BCUT2D eigenvalue weighted by atomic mass is 19.1. The van der Waals surface area contributed by atoms with Crippen LogP contribution in [0.15, 0.2) is 54.6 Å². The van der Waals surface area contributed by atoms with E-state index >= 15 is 0 Å². The maximum atomic E-state index is 13.4. The fraction of sp³-hybridized carbons (Fsp3) is 0.188. The van der Waals surface area contributed by atoms with Crippen molar-refractivity contribution in [3.63, 3.8) is 0 Å².